The van der Waals surface area contributed by atoms with Crippen LogP contribution in [0.4, 0.5) is 57.1 Å². The van der Waals surface area contributed by atoms with E-state index in [0.717, 1.165) is 6.07 Å². The van der Waals surface area contributed by atoms with Gasteiger partial charge in [0, 0.05) is 5.56 Å². The van der Waals surface area contributed by atoms with Crippen LogP contribution in [0.5, 0.6) is 0 Å². The maximum absolute atomic E-state index is 15.1. The van der Waals surface area contributed by atoms with E-state index in [-0.39, 0.29) is 6.07 Å². The van der Waals surface area contributed by atoms with Crippen LogP contribution in [0.3, 0.4) is 0 Å². The van der Waals surface area contributed by atoms with Crippen molar-refractivity contribution < 1.29 is 57.1 Å². The Labute approximate surface area is 213 Å². The maximum atomic E-state index is 15.1. The van der Waals surface area contributed by atoms with Crippen LogP contribution in [-0.2, 0) is 6.18 Å². The lowest BCUT2D eigenvalue weighted by atomic mass is 9.85. The molecule has 0 N–H and O–H groups in total. The third-order valence-corrected chi connectivity index (χ3v) is 6.19. The SMILES string of the molecule is Fc1ccc2c(-c3c(F)c(F)c(C(F)(F)F)c(F)c3F)c3cc(F)c(F)cc3c(-c3cc(F)c(F)c(F)c3)c2c1. The highest BCUT2D eigenvalue weighted by atomic mass is 19.4. The first-order valence-electron chi connectivity index (χ1n) is 10.8. The second-order valence-electron chi connectivity index (χ2n) is 8.51. The lowest BCUT2D eigenvalue weighted by Crippen LogP contribution is -2.16. The fourth-order valence-corrected chi connectivity index (χ4v) is 4.57. The number of alkyl halides is 3. The number of halogens is 13. The van der Waals surface area contributed by atoms with E-state index < -0.39 is 114 Å². The normalized spacial score (nSPS) is 12.1. The Morgan fingerprint density at radius 3 is 1.38 bits per heavy atom. The van der Waals surface area contributed by atoms with Gasteiger partial charge in [-0.05, 0) is 69.1 Å². The second-order valence-corrected chi connectivity index (χ2v) is 8.51. The van der Waals surface area contributed by atoms with Gasteiger partial charge in [-0.15, -0.1) is 0 Å². The molecule has 0 spiro atoms. The Morgan fingerprint density at radius 1 is 0.400 bits per heavy atom. The number of benzene rings is 5. The molecule has 206 valence electrons. The molecule has 0 saturated heterocycles. The predicted molar refractivity (Wildman–Crippen MR) is 117 cm³/mol. The molecule has 0 saturated carbocycles. The lowest BCUT2D eigenvalue weighted by Gasteiger charge is -2.20. The van der Waals surface area contributed by atoms with Crippen LogP contribution >= 0.6 is 0 Å². The van der Waals surface area contributed by atoms with Gasteiger partial charge in [0.15, 0.2) is 52.4 Å². The molecule has 0 amide bonds. The molecule has 0 aromatic heterocycles. The first-order valence-corrected chi connectivity index (χ1v) is 10.8. The van der Waals surface area contributed by atoms with Crippen LogP contribution < -0.4 is 0 Å². The zero-order valence-electron chi connectivity index (χ0n) is 19.0. The third kappa shape index (κ3) is 4.02. The van der Waals surface area contributed by atoms with Crippen molar-refractivity contribution >= 4 is 21.5 Å². The molecule has 0 bridgehead atoms. The second kappa shape index (κ2) is 9.14. The molecule has 0 aliphatic heterocycles. The average molecular weight is 578 g/mol. The van der Waals surface area contributed by atoms with E-state index in [1.165, 1.54) is 0 Å². The molecule has 5 rings (SSSR count). The van der Waals surface area contributed by atoms with Crippen molar-refractivity contribution in [3.8, 4) is 22.3 Å². The minimum absolute atomic E-state index is 0.259. The highest BCUT2D eigenvalue weighted by molar-refractivity contribution is 6.21. The van der Waals surface area contributed by atoms with Gasteiger partial charge >= 0.3 is 6.18 Å². The fraction of sp³-hybridized carbons (Fsp3) is 0.0370. The van der Waals surface area contributed by atoms with E-state index in [2.05, 4.69) is 0 Å². The summed E-state index contributed by atoms with van der Waals surface area (Å²) in [7, 11) is 0. The van der Waals surface area contributed by atoms with Crippen molar-refractivity contribution in [3.05, 3.63) is 106 Å². The van der Waals surface area contributed by atoms with Crippen molar-refractivity contribution in [1.82, 2.24) is 0 Å². The summed E-state index contributed by atoms with van der Waals surface area (Å²) in [6.45, 7) is 0. The first-order chi connectivity index (χ1) is 18.6. The minimum Gasteiger partial charge on any atom is -0.207 e. The number of hydrogen-bond acceptors (Lipinski definition) is 0. The number of fused-ring (bicyclic) bond motifs is 2. The topological polar surface area (TPSA) is 0 Å². The quantitative estimate of drug-likeness (QED) is 0.0847. The van der Waals surface area contributed by atoms with Crippen LogP contribution in [0.25, 0.3) is 43.8 Å². The molecule has 13 heteroatoms. The zero-order valence-corrected chi connectivity index (χ0v) is 19.0. The molecule has 0 unspecified atom stereocenters. The fourth-order valence-electron chi connectivity index (χ4n) is 4.57. The van der Waals surface area contributed by atoms with Crippen molar-refractivity contribution in [1.29, 1.82) is 0 Å². The molecule has 0 aliphatic rings. The summed E-state index contributed by atoms with van der Waals surface area (Å²) in [6.07, 6.45) is -5.89. The van der Waals surface area contributed by atoms with Crippen LogP contribution in [0, 0.1) is 58.2 Å². The van der Waals surface area contributed by atoms with E-state index in [0.29, 0.717) is 30.3 Å². The monoisotopic (exact) mass is 578 g/mol. The van der Waals surface area contributed by atoms with Gasteiger partial charge in [0.1, 0.15) is 11.4 Å². The number of rotatable bonds is 2. The van der Waals surface area contributed by atoms with Crippen LogP contribution in [0.15, 0.2) is 42.5 Å². The minimum atomic E-state index is -5.89. The lowest BCUT2D eigenvalue weighted by molar-refractivity contribution is -0.143. The van der Waals surface area contributed by atoms with E-state index in [1.807, 2.05) is 0 Å². The van der Waals surface area contributed by atoms with Crippen molar-refractivity contribution in [2.45, 2.75) is 6.18 Å². The van der Waals surface area contributed by atoms with Gasteiger partial charge in [0.25, 0.3) is 0 Å². The van der Waals surface area contributed by atoms with Crippen LogP contribution in [0.1, 0.15) is 5.56 Å². The smallest absolute Gasteiger partial charge is 0.207 e. The summed E-state index contributed by atoms with van der Waals surface area (Å²) in [5.41, 5.74) is -6.90. The predicted octanol–water partition coefficient (Wildman–Crippen LogP) is 9.74. The molecule has 0 heterocycles. The molecule has 0 aliphatic carbocycles. The highest BCUT2D eigenvalue weighted by Gasteiger charge is 2.43. The van der Waals surface area contributed by atoms with Crippen molar-refractivity contribution in [2.24, 2.45) is 0 Å². The summed E-state index contributed by atoms with van der Waals surface area (Å²) < 4.78 is 184. The van der Waals surface area contributed by atoms with Crippen molar-refractivity contribution in [3.63, 3.8) is 0 Å². The molecular formula is C27H7F13. The van der Waals surface area contributed by atoms with Gasteiger partial charge in [-0.25, -0.2) is 43.9 Å². The van der Waals surface area contributed by atoms with Gasteiger partial charge in [0.2, 0.25) is 0 Å². The maximum Gasteiger partial charge on any atom is 0.422 e. The highest BCUT2D eigenvalue weighted by Crippen LogP contribution is 2.48. The molecular weight excluding hydrogens is 571 g/mol. The Kier molecular flexibility index (Phi) is 6.23. The average Bonchev–Trinajstić information content (AvgIpc) is 2.86. The number of hydrogen-bond donors (Lipinski definition) is 0. The van der Waals surface area contributed by atoms with Gasteiger partial charge in [0.05, 0.1) is 5.56 Å². The molecule has 40 heavy (non-hydrogen) atoms. The molecule has 0 radical (unpaired) electrons. The largest absolute Gasteiger partial charge is 0.422 e. The zero-order chi connectivity index (χ0) is 29.4. The van der Waals surface area contributed by atoms with Gasteiger partial charge in [-0.1, -0.05) is 6.07 Å². The Bertz CT molecular complexity index is 1840. The summed E-state index contributed by atoms with van der Waals surface area (Å²) in [6, 6.07) is 3.32. The molecule has 5 aromatic carbocycles. The standard InChI is InChI=1S/C27H7F13/c28-9-1-2-10-11(5-9)18(8-3-16(31)22(33)17(32)4-8)12-6-14(29)15(30)7-13(12)19(10)20-23(34)25(36)21(27(38,39)40)26(37)24(20)35/h1-7H. The summed E-state index contributed by atoms with van der Waals surface area (Å²) in [5.74, 6) is -20.8. The van der Waals surface area contributed by atoms with Gasteiger partial charge in [-0.2, -0.15) is 13.2 Å². The molecule has 0 fully saturated rings. The van der Waals surface area contributed by atoms with E-state index in [1.54, 1.807) is 0 Å². The molecule has 0 atom stereocenters. The van der Waals surface area contributed by atoms with Crippen LogP contribution in [0.2, 0.25) is 0 Å². The van der Waals surface area contributed by atoms with Crippen LogP contribution in [-0.4, -0.2) is 0 Å². The summed E-state index contributed by atoms with van der Waals surface area (Å²) >= 11 is 0. The van der Waals surface area contributed by atoms with E-state index in [9.17, 15) is 48.3 Å². The molecule has 0 nitrogen and oxygen atoms in total. The van der Waals surface area contributed by atoms with E-state index >= 15 is 8.78 Å². The van der Waals surface area contributed by atoms with Crippen molar-refractivity contribution in [2.75, 3.05) is 0 Å². The van der Waals surface area contributed by atoms with E-state index in [4.69, 9.17) is 0 Å². The Hall–Kier alpha value is -4.29. The third-order valence-electron chi connectivity index (χ3n) is 6.19. The Balaban J connectivity index is 2.08. The molecule has 5 aromatic rings. The Morgan fingerprint density at radius 2 is 0.875 bits per heavy atom. The van der Waals surface area contributed by atoms with Gasteiger partial charge < -0.3 is 0 Å². The summed E-state index contributed by atoms with van der Waals surface area (Å²) in [5, 5.41) is -2.68. The van der Waals surface area contributed by atoms with Gasteiger partial charge in [-0.3, -0.25) is 0 Å². The first kappa shape index (κ1) is 27.3. The summed E-state index contributed by atoms with van der Waals surface area (Å²) in [4.78, 5) is 0.